The van der Waals surface area contributed by atoms with Gasteiger partial charge in [0.1, 0.15) is 19.8 Å². The molecule has 58 heavy (non-hydrogen) atoms. The van der Waals surface area contributed by atoms with Crippen molar-refractivity contribution in [3.63, 3.8) is 0 Å². The SMILES string of the molecule is CCCCCCCCCCCCCCCCCC(=O)OC[C@H](COP(=O)(O)OCC[N+](C)(C)CCN=[N+]=[N-])OC(=O)CCCCCCCCCCCCCCCCC. The fourth-order valence-corrected chi connectivity index (χ4v) is 7.73. The van der Waals surface area contributed by atoms with Crippen LogP contribution in [-0.4, -0.2) is 81.0 Å². The van der Waals surface area contributed by atoms with E-state index in [1.165, 1.54) is 148 Å². The van der Waals surface area contributed by atoms with Crippen LogP contribution in [0.3, 0.4) is 0 Å². The number of hydrogen-bond donors (Lipinski definition) is 1. The van der Waals surface area contributed by atoms with Gasteiger partial charge in [0.05, 0.1) is 33.8 Å². The average Bonchev–Trinajstić information content (AvgIpc) is 3.18. The van der Waals surface area contributed by atoms with E-state index in [0.29, 0.717) is 30.5 Å². The van der Waals surface area contributed by atoms with Crippen LogP contribution in [0.15, 0.2) is 5.11 Å². The Morgan fingerprint density at radius 1 is 0.586 bits per heavy atom. The van der Waals surface area contributed by atoms with Gasteiger partial charge in [-0.15, -0.1) is 0 Å². The summed E-state index contributed by atoms with van der Waals surface area (Å²) < 4.78 is 34.5. The molecule has 0 amide bonds. The smallest absolute Gasteiger partial charge is 0.462 e. The van der Waals surface area contributed by atoms with Crippen molar-refractivity contribution in [2.75, 3.05) is 53.6 Å². The summed E-state index contributed by atoms with van der Waals surface area (Å²) in [6.07, 6.45) is 36.6. The van der Waals surface area contributed by atoms with E-state index < -0.39 is 26.5 Å². The third-order valence-corrected chi connectivity index (χ3v) is 11.9. The number of hydrogen-bond acceptors (Lipinski definition) is 8. The van der Waals surface area contributed by atoms with Gasteiger partial charge < -0.3 is 18.9 Å². The number of azide groups is 1. The summed E-state index contributed by atoms with van der Waals surface area (Å²) >= 11 is 0. The molecule has 0 fully saturated rings. The van der Waals surface area contributed by atoms with Gasteiger partial charge in [-0.1, -0.05) is 199 Å². The number of unbranched alkanes of at least 4 members (excludes halogenated alkanes) is 28. The summed E-state index contributed by atoms with van der Waals surface area (Å²) in [5, 5.41) is 3.54. The molecule has 0 heterocycles. The summed E-state index contributed by atoms with van der Waals surface area (Å²) in [6, 6.07) is 0. The molecule has 0 bridgehead atoms. The van der Waals surface area contributed by atoms with Crippen molar-refractivity contribution in [3.05, 3.63) is 10.4 Å². The van der Waals surface area contributed by atoms with Crippen LogP contribution >= 0.6 is 7.82 Å². The monoisotopic (exact) mass is 846 g/mol. The third kappa shape index (κ3) is 41.1. The highest BCUT2D eigenvalue weighted by Crippen LogP contribution is 2.43. The lowest BCUT2D eigenvalue weighted by Crippen LogP contribution is -2.44. The van der Waals surface area contributed by atoms with Gasteiger partial charge in [0.2, 0.25) is 0 Å². The summed E-state index contributed by atoms with van der Waals surface area (Å²) in [5.74, 6) is -0.836. The van der Waals surface area contributed by atoms with E-state index in [1.54, 1.807) is 0 Å². The first-order valence-electron chi connectivity index (χ1n) is 23.8. The van der Waals surface area contributed by atoms with Crippen molar-refractivity contribution in [1.82, 2.24) is 0 Å². The molecule has 0 aromatic heterocycles. The fourth-order valence-electron chi connectivity index (χ4n) is 6.99. The Labute approximate surface area is 355 Å². The van der Waals surface area contributed by atoms with Crippen molar-refractivity contribution in [3.8, 4) is 0 Å². The van der Waals surface area contributed by atoms with Gasteiger partial charge in [-0.05, 0) is 18.4 Å². The van der Waals surface area contributed by atoms with Crippen molar-refractivity contribution >= 4 is 19.8 Å². The first-order chi connectivity index (χ1) is 28.0. The Balaban J connectivity index is 4.49. The van der Waals surface area contributed by atoms with Gasteiger partial charge in [-0.3, -0.25) is 18.6 Å². The van der Waals surface area contributed by atoms with E-state index in [0.717, 1.165) is 38.5 Å². The Morgan fingerprint density at radius 2 is 0.966 bits per heavy atom. The molecule has 2 atom stereocenters. The van der Waals surface area contributed by atoms with E-state index in [4.69, 9.17) is 24.1 Å². The quantitative estimate of drug-likeness (QED) is 0.0121. The van der Waals surface area contributed by atoms with E-state index in [2.05, 4.69) is 23.9 Å². The lowest BCUT2D eigenvalue weighted by Gasteiger charge is -2.29. The number of carbonyl (C=O) groups is 2. The Bertz CT molecular complexity index is 1060. The molecule has 12 nitrogen and oxygen atoms in total. The van der Waals surface area contributed by atoms with Gasteiger partial charge >= 0.3 is 19.8 Å². The number of rotatable bonds is 45. The van der Waals surface area contributed by atoms with Crippen molar-refractivity contribution < 1.29 is 42.1 Å². The molecule has 0 radical (unpaired) electrons. The van der Waals surface area contributed by atoms with Gasteiger partial charge in [-0.2, -0.15) is 0 Å². The standard InChI is InChI=1S/C45H89N4O8P/c1-5-7-9-11-13-15-17-19-21-23-25-27-29-31-33-35-44(50)54-41-43(42-56-58(52,53)55-40-39-49(3,4)38-37-47-48-46)57-45(51)36-34-32-30-28-26-24-22-20-18-16-14-12-10-8-6-2/h43H,5-42H2,1-4H3/p+1/t43-/m1/s1. The topological polar surface area (TPSA) is 157 Å². The van der Waals surface area contributed by atoms with Crippen molar-refractivity contribution in [2.45, 2.75) is 225 Å². The normalized spacial score (nSPS) is 13.2. The summed E-state index contributed by atoms with van der Waals surface area (Å²) in [7, 11) is -0.698. The van der Waals surface area contributed by atoms with E-state index in [-0.39, 0.29) is 32.0 Å². The zero-order chi connectivity index (χ0) is 42.8. The molecule has 0 aliphatic carbocycles. The fraction of sp³-hybridized carbons (Fsp3) is 0.956. The molecule has 0 saturated carbocycles. The molecule has 0 aliphatic heterocycles. The molecule has 1 N–H and O–H groups in total. The van der Waals surface area contributed by atoms with Crippen LogP contribution < -0.4 is 0 Å². The molecular formula is C45H90N4O8P+. The molecule has 1 unspecified atom stereocenters. The third-order valence-electron chi connectivity index (χ3n) is 10.9. The Kier molecular flexibility index (Phi) is 39.5. The molecule has 0 spiro atoms. The number of phosphoric acid groups is 1. The lowest BCUT2D eigenvalue weighted by molar-refractivity contribution is -0.888. The number of carbonyl (C=O) groups excluding carboxylic acids is 2. The predicted octanol–water partition coefficient (Wildman–Crippen LogP) is 13.5. The van der Waals surface area contributed by atoms with Gasteiger partial charge in [-0.25, -0.2) is 4.57 Å². The number of ether oxygens (including phenoxy) is 2. The van der Waals surface area contributed by atoms with Crippen LogP contribution in [0.1, 0.15) is 219 Å². The Hall–Kier alpha value is -1.68. The lowest BCUT2D eigenvalue weighted by atomic mass is 10.0. The minimum atomic E-state index is -4.48. The van der Waals surface area contributed by atoms with Crippen LogP contribution in [0, 0.1) is 0 Å². The maximum atomic E-state index is 12.8. The van der Waals surface area contributed by atoms with Crippen LogP contribution in [-0.2, 0) is 32.7 Å². The molecule has 0 rings (SSSR count). The minimum Gasteiger partial charge on any atom is -0.462 e. The zero-order valence-electron chi connectivity index (χ0n) is 38.0. The maximum Gasteiger partial charge on any atom is 0.472 e. The molecule has 0 aromatic carbocycles. The van der Waals surface area contributed by atoms with Crippen LogP contribution in [0.2, 0.25) is 0 Å². The molecule has 13 heteroatoms. The number of likely N-dealkylation sites (N-methyl/N-ethyl adjacent to an activating group) is 1. The minimum absolute atomic E-state index is 0.0745. The summed E-state index contributed by atoms with van der Waals surface area (Å²) in [5.41, 5.74) is 8.51. The first-order valence-corrected chi connectivity index (χ1v) is 25.3. The van der Waals surface area contributed by atoms with E-state index in [1.807, 2.05) is 14.1 Å². The number of quaternary nitrogens is 1. The van der Waals surface area contributed by atoms with E-state index in [9.17, 15) is 19.0 Å². The molecule has 0 aromatic rings. The highest BCUT2D eigenvalue weighted by molar-refractivity contribution is 7.47. The molecule has 0 aliphatic rings. The van der Waals surface area contributed by atoms with Gasteiger partial charge in [0, 0.05) is 17.8 Å². The number of nitrogens with zero attached hydrogens (tertiary/aromatic N) is 4. The second-order valence-electron chi connectivity index (χ2n) is 17.1. The zero-order valence-corrected chi connectivity index (χ0v) is 38.9. The van der Waals surface area contributed by atoms with Gasteiger partial charge in [0.15, 0.2) is 6.10 Å². The number of phosphoric ester groups is 1. The van der Waals surface area contributed by atoms with Crippen LogP contribution in [0.25, 0.3) is 10.4 Å². The van der Waals surface area contributed by atoms with Crippen molar-refractivity contribution in [1.29, 1.82) is 0 Å². The largest absolute Gasteiger partial charge is 0.472 e. The number of esters is 2. The summed E-state index contributed by atoms with van der Waals surface area (Å²) in [4.78, 5) is 38.4. The first kappa shape index (κ1) is 56.3. The molecular weight excluding hydrogens is 755 g/mol. The maximum absolute atomic E-state index is 12.8. The highest BCUT2D eigenvalue weighted by atomic mass is 31.2. The molecule has 342 valence electrons. The van der Waals surface area contributed by atoms with Gasteiger partial charge in [0.25, 0.3) is 0 Å². The highest BCUT2D eigenvalue weighted by Gasteiger charge is 2.27. The molecule has 0 saturated heterocycles. The Morgan fingerprint density at radius 3 is 1.36 bits per heavy atom. The second-order valence-corrected chi connectivity index (χ2v) is 18.6. The van der Waals surface area contributed by atoms with Crippen LogP contribution in [0.4, 0.5) is 0 Å². The predicted molar refractivity (Wildman–Crippen MR) is 238 cm³/mol. The van der Waals surface area contributed by atoms with Crippen molar-refractivity contribution in [2.24, 2.45) is 5.11 Å². The van der Waals surface area contributed by atoms with E-state index >= 15 is 0 Å². The average molecular weight is 846 g/mol. The summed E-state index contributed by atoms with van der Waals surface area (Å²) in [6.45, 7) is 4.94. The van der Waals surface area contributed by atoms with Crippen LogP contribution in [0.5, 0.6) is 0 Å². The second kappa shape index (κ2) is 40.7.